The Morgan fingerprint density at radius 1 is 1.22 bits per heavy atom. The van der Waals surface area contributed by atoms with Crippen molar-refractivity contribution in [1.29, 1.82) is 0 Å². The van der Waals surface area contributed by atoms with E-state index in [1.54, 1.807) is 0 Å². The highest BCUT2D eigenvalue weighted by atomic mass is 32.2. The number of amides is 2. The highest BCUT2D eigenvalue weighted by Crippen LogP contribution is 2.34. The molecule has 130 valence electrons. The van der Waals surface area contributed by atoms with Gasteiger partial charge in [-0.2, -0.15) is 13.2 Å². The molecule has 0 aromatic heterocycles. The molecule has 0 spiro atoms. The molecule has 0 saturated carbocycles. The van der Waals surface area contributed by atoms with E-state index < -0.39 is 33.8 Å². The second kappa shape index (κ2) is 7.64. The average molecular weight is 353 g/mol. The van der Waals surface area contributed by atoms with Crippen molar-refractivity contribution in [2.75, 3.05) is 19.3 Å². The zero-order valence-corrected chi connectivity index (χ0v) is 13.4. The minimum absolute atomic E-state index is 0.00649. The van der Waals surface area contributed by atoms with Crippen LogP contribution in [0.15, 0.2) is 24.3 Å². The fraction of sp³-hybridized carbons (Fsp3) is 0.462. The van der Waals surface area contributed by atoms with E-state index in [1.165, 1.54) is 25.1 Å². The Morgan fingerprint density at radius 3 is 2.39 bits per heavy atom. The quantitative estimate of drug-likeness (QED) is 0.679. The van der Waals surface area contributed by atoms with Gasteiger partial charge in [0.25, 0.3) is 0 Å². The summed E-state index contributed by atoms with van der Waals surface area (Å²) < 4.78 is 62.6. The lowest BCUT2D eigenvalue weighted by atomic mass is 10.0. The molecular formula is C13H18F3N3O3S. The van der Waals surface area contributed by atoms with E-state index in [4.69, 9.17) is 0 Å². The molecule has 1 rings (SSSR count). The van der Waals surface area contributed by atoms with E-state index in [1.807, 2.05) is 0 Å². The summed E-state index contributed by atoms with van der Waals surface area (Å²) in [6.45, 7) is 1.42. The van der Waals surface area contributed by atoms with Crippen LogP contribution in [0.2, 0.25) is 0 Å². The maximum Gasteiger partial charge on any atom is 0.416 e. The normalized spacial score (nSPS) is 13.4. The molecule has 1 unspecified atom stereocenters. The first-order valence-corrected chi connectivity index (χ1v) is 8.55. The Bertz CT molecular complexity index is 647. The molecule has 3 N–H and O–H groups in total. The first-order chi connectivity index (χ1) is 10.5. The maximum absolute atomic E-state index is 12.9. The fourth-order valence-corrected chi connectivity index (χ4v) is 2.34. The number of carbonyl (C=O) groups excluding carboxylic acids is 1. The number of carbonyl (C=O) groups is 1. The highest BCUT2D eigenvalue weighted by molar-refractivity contribution is 7.88. The van der Waals surface area contributed by atoms with Crippen LogP contribution in [0, 0.1) is 0 Å². The summed E-state index contributed by atoms with van der Waals surface area (Å²) in [6, 6.07) is 3.41. The lowest BCUT2D eigenvalue weighted by Gasteiger charge is -2.19. The fourth-order valence-electron chi connectivity index (χ4n) is 1.87. The van der Waals surface area contributed by atoms with Crippen molar-refractivity contribution < 1.29 is 26.4 Å². The molecule has 0 radical (unpaired) electrons. The van der Waals surface area contributed by atoms with Crippen molar-refractivity contribution in [3.63, 3.8) is 0 Å². The van der Waals surface area contributed by atoms with Gasteiger partial charge in [-0.1, -0.05) is 18.2 Å². The molecule has 1 aromatic carbocycles. The van der Waals surface area contributed by atoms with Crippen molar-refractivity contribution in [1.82, 2.24) is 15.4 Å². The van der Waals surface area contributed by atoms with Gasteiger partial charge in [-0.25, -0.2) is 17.9 Å². The summed E-state index contributed by atoms with van der Waals surface area (Å²) in [5, 5.41) is 4.73. The van der Waals surface area contributed by atoms with Crippen molar-refractivity contribution in [3.8, 4) is 0 Å². The van der Waals surface area contributed by atoms with E-state index in [-0.39, 0.29) is 18.7 Å². The van der Waals surface area contributed by atoms with Crippen LogP contribution in [0.1, 0.15) is 24.1 Å². The lowest BCUT2D eigenvalue weighted by Crippen LogP contribution is -2.41. The Kier molecular flexibility index (Phi) is 6.39. The number of hydrogen-bond acceptors (Lipinski definition) is 3. The number of sulfonamides is 1. The highest BCUT2D eigenvalue weighted by Gasteiger charge is 2.34. The van der Waals surface area contributed by atoms with Crippen LogP contribution in [0.25, 0.3) is 0 Å². The van der Waals surface area contributed by atoms with E-state index in [9.17, 15) is 26.4 Å². The van der Waals surface area contributed by atoms with Crippen molar-refractivity contribution in [2.45, 2.75) is 19.1 Å². The molecule has 1 atom stereocenters. The minimum Gasteiger partial charge on any atom is -0.337 e. The molecule has 0 saturated heterocycles. The molecular weight excluding hydrogens is 335 g/mol. The third-order valence-corrected chi connectivity index (χ3v) is 3.58. The minimum atomic E-state index is -4.51. The van der Waals surface area contributed by atoms with Crippen LogP contribution in [-0.4, -0.2) is 33.8 Å². The molecule has 0 aliphatic carbocycles. The average Bonchev–Trinajstić information content (AvgIpc) is 2.41. The number of rotatable bonds is 6. The van der Waals surface area contributed by atoms with Crippen LogP contribution in [0.4, 0.5) is 18.0 Å². The molecule has 23 heavy (non-hydrogen) atoms. The SMILES string of the molecule is CC(NC(=O)NCCNS(C)(=O)=O)c1ccccc1C(F)(F)F. The van der Waals surface area contributed by atoms with Gasteiger partial charge in [0.2, 0.25) is 10.0 Å². The molecule has 10 heteroatoms. The summed E-state index contributed by atoms with van der Waals surface area (Å²) in [5.41, 5.74) is -0.865. The van der Waals surface area contributed by atoms with Crippen molar-refractivity contribution >= 4 is 16.1 Å². The predicted octanol–water partition coefficient (Wildman–Crippen LogP) is 1.61. The number of nitrogens with one attached hydrogen (secondary N) is 3. The number of hydrogen-bond donors (Lipinski definition) is 3. The lowest BCUT2D eigenvalue weighted by molar-refractivity contribution is -0.138. The number of halogens is 3. The molecule has 0 bridgehead atoms. The van der Waals surface area contributed by atoms with E-state index >= 15 is 0 Å². The summed E-state index contributed by atoms with van der Waals surface area (Å²) in [4.78, 5) is 11.6. The van der Waals surface area contributed by atoms with Gasteiger partial charge in [-0.15, -0.1) is 0 Å². The molecule has 1 aromatic rings. The van der Waals surface area contributed by atoms with E-state index in [0.717, 1.165) is 12.3 Å². The van der Waals surface area contributed by atoms with Crippen LogP contribution >= 0.6 is 0 Å². The Balaban J connectivity index is 2.60. The second-order valence-corrected chi connectivity index (χ2v) is 6.71. The molecule has 0 aliphatic heterocycles. The summed E-state index contributed by atoms with van der Waals surface area (Å²) in [6.07, 6.45) is -3.54. The van der Waals surface area contributed by atoms with Gasteiger partial charge in [0.1, 0.15) is 0 Å². The van der Waals surface area contributed by atoms with Crippen molar-refractivity contribution in [2.24, 2.45) is 0 Å². The zero-order valence-electron chi connectivity index (χ0n) is 12.6. The van der Waals surface area contributed by atoms with Gasteiger partial charge in [-0.05, 0) is 18.6 Å². The van der Waals surface area contributed by atoms with Gasteiger partial charge < -0.3 is 10.6 Å². The Labute approximate surface area is 132 Å². The second-order valence-electron chi connectivity index (χ2n) is 4.87. The van der Waals surface area contributed by atoms with Crippen molar-refractivity contribution in [3.05, 3.63) is 35.4 Å². The summed E-state index contributed by atoms with van der Waals surface area (Å²) in [5.74, 6) is 0. The van der Waals surface area contributed by atoms with E-state index in [0.29, 0.717) is 0 Å². The van der Waals surface area contributed by atoms with Gasteiger partial charge in [-0.3, -0.25) is 0 Å². The third kappa shape index (κ3) is 6.87. The number of alkyl halides is 3. The molecule has 2 amide bonds. The zero-order chi connectivity index (χ0) is 17.7. The number of benzene rings is 1. The molecule has 0 heterocycles. The summed E-state index contributed by atoms with van der Waals surface area (Å²) in [7, 11) is -3.36. The monoisotopic (exact) mass is 353 g/mol. The number of urea groups is 1. The van der Waals surface area contributed by atoms with Gasteiger partial charge in [0.15, 0.2) is 0 Å². The van der Waals surface area contributed by atoms with Crippen LogP contribution in [0.3, 0.4) is 0 Å². The predicted molar refractivity (Wildman–Crippen MR) is 79.2 cm³/mol. The van der Waals surface area contributed by atoms with Gasteiger partial charge in [0, 0.05) is 13.1 Å². The largest absolute Gasteiger partial charge is 0.416 e. The maximum atomic E-state index is 12.9. The molecule has 0 fully saturated rings. The van der Waals surface area contributed by atoms with Crippen LogP contribution in [0.5, 0.6) is 0 Å². The molecule has 0 aliphatic rings. The Morgan fingerprint density at radius 2 is 1.83 bits per heavy atom. The van der Waals surface area contributed by atoms with Gasteiger partial charge >= 0.3 is 12.2 Å². The van der Waals surface area contributed by atoms with Crippen LogP contribution < -0.4 is 15.4 Å². The summed E-state index contributed by atoms with van der Waals surface area (Å²) >= 11 is 0. The Hall–Kier alpha value is -1.81. The topological polar surface area (TPSA) is 87.3 Å². The van der Waals surface area contributed by atoms with E-state index in [2.05, 4.69) is 15.4 Å². The smallest absolute Gasteiger partial charge is 0.337 e. The standard InChI is InChI=1S/C13H18F3N3O3S/c1-9(10-5-3-4-6-11(10)13(14,15)16)19-12(20)17-7-8-18-23(2,21)22/h3-6,9,18H,7-8H2,1-2H3,(H2,17,19,20). The van der Waals surface area contributed by atoms with Crippen LogP contribution in [-0.2, 0) is 16.2 Å². The molecule has 6 nitrogen and oxygen atoms in total. The third-order valence-electron chi connectivity index (χ3n) is 2.86. The van der Waals surface area contributed by atoms with Gasteiger partial charge in [0.05, 0.1) is 17.9 Å². The first-order valence-electron chi connectivity index (χ1n) is 6.66. The first kappa shape index (κ1) is 19.2.